The van der Waals surface area contributed by atoms with Crippen LogP contribution in [0.1, 0.15) is 70.1 Å². The van der Waals surface area contributed by atoms with E-state index in [1.165, 1.54) is 36.4 Å². The van der Waals surface area contributed by atoms with Gasteiger partial charge in [0.05, 0.1) is 16.5 Å². The first-order chi connectivity index (χ1) is 28.7. The van der Waals surface area contributed by atoms with Gasteiger partial charge >= 0.3 is 6.18 Å². The minimum absolute atomic E-state index is 0.0780. The Morgan fingerprint density at radius 2 is 1.62 bits per heavy atom. The molecule has 1 aliphatic rings. The number of fused-ring (bicyclic) bond motifs is 1. The summed E-state index contributed by atoms with van der Waals surface area (Å²) in [6.45, 7) is -3.53. The standard InChI is InChI=1S/C36H38F4N4O2S/c1-3-42(4-2)20-21-43(22-25-8-12-27(13-9-25)28-14-16-29(17-15-28)36(38,39)40)33(45)23-44-32-7-5-6-31(32)34(46)41-35(44)47-24-26-10-18-30(37)19-11-26/h8-19H,3-7,20-24H2,1-2H3/i5D2,6D2,7D2,10D,11D,18D,19D,22D2,23D2,24D2. The first kappa shape index (κ1) is 19.1. The third-order valence-corrected chi connectivity index (χ3v) is 7.71. The molecule has 0 N–H and O–H groups in total. The van der Waals surface area contributed by atoms with Crippen LogP contribution in [0.4, 0.5) is 17.6 Å². The number of aromatic nitrogens is 2. The van der Waals surface area contributed by atoms with Gasteiger partial charge in [0.1, 0.15) is 12.3 Å². The molecule has 0 bridgehead atoms. The maximum absolute atomic E-state index is 14.9. The monoisotopic (exact) mass is 682 g/mol. The van der Waals surface area contributed by atoms with E-state index in [0.29, 0.717) is 29.1 Å². The summed E-state index contributed by atoms with van der Waals surface area (Å²) in [5.74, 6) is -3.52. The molecule has 5 rings (SSSR count). The molecule has 0 radical (unpaired) electrons. The molecule has 0 saturated carbocycles. The highest BCUT2D eigenvalue weighted by Crippen LogP contribution is 2.31. The summed E-state index contributed by atoms with van der Waals surface area (Å²) in [6, 6.07) is 3.89. The molecule has 1 heterocycles. The first-order valence-corrected chi connectivity index (χ1v) is 15.0. The third-order valence-electron chi connectivity index (χ3n) is 6.95. The number of hydrogen-bond donors (Lipinski definition) is 0. The lowest BCUT2D eigenvalue weighted by Crippen LogP contribution is -2.40. The Morgan fingerprint density at radius 1 is 0.979 bits per heavy atom. The quantitative estimate of drug-likeness (QED) is 0.0847. The molecule has 0 spiro atoms. The smallest absolute Gasteiger partial charge is 0.336 e. The molecule has 11 heteroatoms. The van der Waals surface area contributed by atoms with Crippen molar-refractivity contribution in [2.45, 2.75) is 63.0 Å². The Hall–Kier alpha value is -3.96. The Bertz CT molecular complexity index is 2460. The fourth-order valence-corrected chi connectivity index (χ4v) is 5.05. The van der Waals surface area contributed by atoms with Gasteiger partial charge in [0.2, 0.25) is 5.91 Å². The fourth-order valence-electron chi connectivity index (χ4n) is 4.39. The van der Waals surface area contributed by atoms with Gasteiger partial charge in [-0.05, 0) is 78.7 Å². The Labute approximate surface area is 298 Å². The summed E-state index contributed by atoms with van der Waals surface area (Å²) < 4.78 is 193. The minimum Gasteiger partial charge on any atom is -0.336 e. The van der Waals surface area contributed by atoms with E-state index in [0.717, 1.165) is 12.1 Å². The largest absolute Gasteiger partial charge is 0.416 e. The van der Waals surface area contributed by atoms with E-state index in [1.54, 1.807) is 18.7 Å². The highest BCUT2D eigenvalue weighted by Gasteiger charge is 2.30. The molecular formula is C36H38F4N4O2S. The number of likely N-dealkylation sites (N-methyl/N-ethyl adjacent to an activating group) is 1. The second-order valence-corrected chi connectivity index (χ2v) is 10.7. The zero-order valence-electron chi connectivity index (χ0n) is 41.0. The Balaban J connectivity index is 1.74. The molecule has 0 aliphatic heterocycles. The second kappa shape index (κ2) is 15.3. The number of halogens is 4. The average molecular weight is 683 g/mol. The lowest BCUT2D eigenvalue weighted by atomic mass is 10.0. The number of carbonyl (C=O) groups is 1. The highest BCUT2D eigenvalue weighted by atomic mass is 32.2. The Kier molecular flexibility index (Phi) is 6.23. The lowest BCUT2D eigenvalue weighted by molar-refractivity contribution is -0.137. The zero-order valence-corrected chi connectivity index (χ0v) is 25.8. The molecule has 1 aromatic heterocycles. The van der Waals surface area contributed by atoms with Crippen LogP contribution in [0.25, 0.3) is 11.1 Å². The number of amides is 1. The van der Waals surface area contributed by atoms with Crippen molar-refractivity contribution in [3.63, 3.8) is 0 Å². The molecule has 0 fully saturated rings. The summed E-state index contributed by atoms with van der Waals surface area (Å²) in [4.78, 5) is 34.3. The third kappa shape index (κ3) is 8.70. The second-order valence-electron chi connectivity index (χ2n) is 9.89. The molecule has 0 atom stereocenters. The minimum atomic E-state index is -4.61. The Morgan fingerprint density at radius 3 is 2.23 bits per heavy atom. The van der Waals surface area contributed by atoms with Crippen molar-refractivity contribution in [2.24, 2.45) is 0 Å². The van der Waals surface area contributed by atoms with E-state index >= 15 is 0 Å². The summed E-state index contributed by atoms with van der Waals surface area (Å²) in [6.07, 6.45) is -15.6. The van der Waals surface area contributed by atoms with Crippen LogP contribution in [0.15, 0.2) is 82.7 Å². The molecule has 1 aliphatic carbocycles. The van der Waals surface area contributed by atoms with E-state index in [9.17, 15) is 32.6 Å². The number of thioether (sulfide) groups is 1. The van der Waals surface area contributed by atoms with Crippen molar-refractivity contribution in [3.8, 4) is 11.1 Å². The topological polar surface area (TPSA) is 58.4 Å². The SMILES string of the molecule is [2H]c1c([2H])c(C([2H])([2H])Sc2nc(=O)c3c(n2C([2H])([2H])C(=O)N(CCN(CC)CC)C([2H])([2H])c2ccc(-c4ccc(C(F)(F)F)cc4)cc2)C([2H])([2H])C([2H])([2H])C3([2H])[2H])c([2H])c([2H])c1F. The van der Waals surface area contributed by atoms with Crippen molar-refractivity contribution in [1.82, 2.24) is 19.4 Å². The van der Waals surface area contributed by atoms with E-state index in [2.05, 4.69) is 4.98 Å². The molecule has 4 aromatic rings. The molecule has 248 valence electrons. The predicted octanol–water partition coefficient (Wildman–Crippen LogP) is 7.22. The zero-order chi connectivity index (χ0) is 47.8. The van der Waals surface area contributed by atoms with Crippen LogP contribution in [0.5, 0.6) is 0 Å². The van der Waals surface area contributed by atoms with E-state index < -0.39 is 120 Å². The van der Waals surface area contributed by atoms with Gasteiger partial charge in [-0.1, -0.05) is 74.1 Å². The predicted molar refractivity (Wildman–Crippen MR) is 177 cm³/mol. The van der Waals surface area contributed by atoms with Crippen molar-refractivity contribution >= 4 is 17.7 Å². The molecule has 0 saturated heterocycles. The molecule has 6 nitrogen and oxygen atoms in total. The van der Waals surface area contributed by atoms with Crippen LogP contribution in [-0.2, 0) is 42.4 Å². The summed E-state index contributed by atoms with van der Waals surface area (Å²) in [7, 11) is 0. The molecule has 1 amide bonds. The fraction of sp³-hybridized carbons (Fsp3) is 0.361. The highest BCUT2D eigenvalue weighted by molar-refractivity contribution is 7.98. The number of benzene rings is 3. The van der Waals surface area contributed by atoms with Crippen LogP contribution in [-0.4, -0.2) is 51.4 Å². The van der Waals surface area contributed by atoms with Crippen LogP contribution >= 0.6 is 11.8 Å². The molecular weight excluding hydrogens is 628 g/mol. The molecule has 0 unspecified atom stereocenters. The van der Waals surface area contributed by atoms with Crippen molar-refractivity contribution in [2.75, 3.05) is 26.2 Å². The van der Waals surface area contributed by atoms with Gasteiger partial charge in [-0.3, -0.25) is 9.59 Å². The molecule has 47 heavy (non-hydrogen) atoms. The van der Waals surface area contributed by atoms with E-state index in [-0.39, 0.29) is 28.4 Å². The van der Waals surface area contributed by atoms with Gasteiger partial charge in [0.15, 0.2) is 5.16 Å². The number of carbonyl (C=O) groups excluding carboxylic acids is 1. The van der Waals surface area contributed by atoms with E-state index in [1.807, 2.05) is 0 Å². The maximum Gasteiger partial charge on any atom is 0.416 e. The van der Waals surface area contributed by atoms with Gasteiger partial charge in [0, 0.05) is 47.5 Å². The van der Waals surface area contributed by atoms with E-state index in [4.69, 9.17) is 16.4 Å². The number of nitrogens with zero attached hydrogens (tertiary/aromatic N) is 4. The summed E-state index contributed by atoms with van der Waals surface area (Å²) in [5, 5.41) is -1.31. The van der Waals surface area contributed by atoms with Crippen molar-refractivity contribution in [1.29, 1.82) is 0 Å². The normalized spacial score (nSPS) is 21.9. The van der Waals surface area contributed by atoms with Gasteiger partial charge < -0.3 is 14.4 Å². The lowest BCUT2D eigenvalue weighted by Gasteiger charge is -2.28. The van der Waals surface area contributed by atoms with Crippen LogP contribution < -0.4 is 5.56 Å². The van der Waals surface area contributed by atoms with Gasteiger partial charge in [-0.25, -0.2) is 4.39 Å². The van der Waals surface area contributed by atoms with Crippen molar-refractivity contribution < 1.29 is 44.3 Å². The van der Waals surface area contributed by atoms with Crippen LogP contribution in [0.2, 0.25) is 0 Å². The number of rotatable bonds is 13. The summed E-state index contributed by atoms with van der Waals surface area (Å²) in [5.41, 5.74) is -9.75. The first-order valence-electron chi connectivity index (χ1n) is 22.2. The number of alkyl halides is 3. The van der Waals surface area contributed by atoms with Gasteiger partial charge in [0.25, 0.3) is 5.56 Å². The number of hydrogen-bond acceptors (Lipinski definition) is 5. The summed E-state index contributed by atoms with van der Waals surface area (Å²) >= 11 is -0.385. The van der Waals surface area contributed by atoms with Gasteiger partial charge in [-0.15, -0.1) is 0 Å². The van der Waals surface area contributed by atoms with Crippen LogP contribution in [0.3, 0.4) is 0 Å². The average Bonchev–Trinajstić information content (AvgIpc) is 3.30. The van der Waals surface area contributed by atoms with Gasteiger partial charge in [-0.2, -0.15) is 18.2 Å². The maximum atomic E-state index is 14.9. The van der Waals surface area contributed by atoms with Crippen LogP contribution in [0, 0.1) is 5.82 Å². The van der Waals surface area contributed by atoms with Crippen molar-refractivity contribution in [3.05, 3.63) is 117 Å². The molecule has 3 aromatic carbocycles.